The van der Waals surface area contributed by atoms with Gasteiger partial charge in [0.25, 0.3) is 0 Å². The van der Waals surface area contributed by atoms with Crippen LogP contribution in [0.5, 0.6) is 0 Å². The Morgan fingerprint density at radius 3 is 2.58 bits per heavy atom. The van der Waals surface area contributed by atoms with Gasteiger partial charge >= 0.3 is 0 Å². The summed E-state index contributed by atoms with van der Waals surface area (Å²) in [4.78, 5) is 0.445. The van der Waals surface area contributed by atoms with E-state index in [0.29, 0.717) is 31.1 Å². The van der Waals surface area contributed by atoms with Gasteiger partial charge < -0.3 is 10.5 Å². The van der Waals surface area contributed by atoms with Crippen LogP contribution in [0.25, 0.3) is 0 Å². The molecule has 1 aromatic rings. The topological polar surface area (TPSA) is 72.6 Å². The molecule has 136 valence electrons. The summed E-state index contributed by atoms with van der Waals surface area (Å²) in [6, 6.07) is 5.63. The molecule has 1 saturated heterocycles. The van der Waals surface area contributed by atoms with Gasteiger partial charge in [-0.3, -0.25) is 0 Å². The maximum Gasteiger partial charge on any atom is 0.243 e. The molecule has 0 atom stereocenters. The maximum absolute atomic E-state index is 12.8. The van der Waals surface area contributed by atoms with E-state index in [-0.39, 0.29) is 18.5 Å². The molecule has 0 spiro atoms. The molecule has 1 aliphatic carbocycles. The first-order valence-electron chi connectivity index (χ1n) is 8.55. The summed E-state index contributed by atoms with van der Waals surface area (Å²) in [6.07, 6.45) is 5.73. The maximum atomic E-state index is 12.8. The average Bonchev–Trinajstić information content (AvgIpc) is 3.03. The molecule has 7 heteroatoms. The van der Waals surface area contributed by atoms with E-state index in [1.165, 1.54) is 11.1 Å². The predicted molar refractivity (Wildman–Crippen MR) is 97.1 cm³/mol. The molecular weight excluding hydrogens is 348 g/mol. The highest BCUT2D eigenvalue weighted by molar-refractivity contribution is 7.89. The van der Waals surface area contributed by atoms with E-state index in [4.69, 9.17) is 10.5 Å². The van der Waals surface area contributed by atoms with Crippen LogP contribution in [0.15, 0.2) is 23.1 Å². The normalized spacial score (nSPS) is 19.0. The van der Waals surface area contributed by atoms with E-state index in [1.807, 2.05) is 12.1 Å². The third kappa shape index (κ3) is 4.29. The number of fused-ring (bicyclic) bond motifs is 1. The lowest BCUT2D eigenvalue weighted by atomic mass is 10.1. The molecule has 1 heterocycles. The number of hydrogen-bond acceptors (Lipinski definition) is 4. The lowest BCUT2D eigenvalue weighted by Gasteiger charge is -2.31. The molecule has 1 fully saturated rings. The van der Waals surface area contributed by atoms with Crippen LogP contribution in [-0.4, -0.2) is 45.1 Å². The first kappa shape index (κ1) is 19.7. The first-order chi connectivity index (χ1) is 11.1. The summed E-state index contributed by atoms with van der Waals surface area (Å²) in [5, 5.41) is 0. The summed E-state index contributed by atoms with van der Waals surface area (Å²) in [7, 11) is -3.37. The highest BCUT2D eigenvalue weighted by Crippen LogP contribution is 2.27. The smallest absolute Gasteiger partial charge is 0.243 e. The van der Waals surface area contributed by atoms with E-state index in [1.54, 1.807) is 10.4 Å². The largest absolute Gasteiger partial charge is 0.378 e. The Morgan fingerprint density at radius 2 is 1.88 bits per heavy atom. The summed E-state index contributed by atoms with van der Waals surface area (Å²) in [6.45, 7) is 2.36. The van der Waals surface area contributed by atoms with Crippen molar-refractivity contribution in [2.45, 2.75) is 49.5 Å². The number of rotatable bonds is 6. The van der Waals surface area contributed by atoms with Crippen LogP contribution in [0.2, 0.25) is 0 Å². The first-order valence-corrected chi connectivity index (χ1v) is 9.99. The minimum Gasteiger partial charge on any atom is -0.378 e. The molecule has 0 bridgehead atoms. The van der Waals surface area contributed by atoms with Crippen LogP contribution in [0, 0.1) is 0 Å². The second kappa shape index (κ2) is 8.63. The van der Waals surface area contributed by atoms with Crippen molar-refractivity contribution in [3.05, 3.63) is 29.3 Å². The minimum absolute atomic E-state index is 0. The monoisotopic (exact) mass is 374 g/mol. The standard InChI is InChI=1S/C17H26N2O3S.ClH/c18-9-2-12-22-16-7-10-19(11-8-16)23(20,21)17-6-5-14-3-1-4-15(14)13-17;/h5-6,13,16H,1-4,7-12,18H2;1H. The van der Waals surface area contributed by atoms with Crippen molar-refractivity contribution < 1.29 is 13.2 Å². The lowest BCUT2D eigenvalue weighted by Crippen LogP contribution is -2.41. The van der Waals surface area contributed by atoms with Gasteiger partial charge in [-0.15, -0.1) is 12.4 Å². The molecule has 1 aliphatic heterocycles. The van der Waals surface area contributed by atoms with Gasteiger partial charge in [0.2, 0.25) is 10.0 Å². The highest BCUT2D eigenvalue weighted by Gasteiger charge is 2.30. The molecule has 0 unspecified atom stereocenters. The van der Waals surface area contributed by atoms with Gasteiger partial charge in [-0.05, 0) is 68.3 Å². The van der Waals surface area contributed by atoms with Gasteiger partial charge in [0, 0.05) is 19.7 Å². The zero-order valence-corrected chi connectivity index (χ0v) is 15.6. The fraction of sp³-hybridized carbons (Fsp3) is 0.647. The molecule has 24 heavy (non-hydrogen) atoms. The van der Waals surface area contributed by atoms with Crippen molar-refractivity contribution in [3.63, 3.8) is 0 Å². The number of aryl methyl sites for hydroxylation is 2. The zero-order valence-electron chi connectivity index (χ0n) is 13.9. The van der Waals surface area contributed by atoms with Crippen LogP contribution in [0.1, 0.15) is 36.8 Å². The second-order valence-corrected chi connectivity index (χ2v) is 8.34. The van der Waals surface area contributed by atoms with E-state index in [2.05, 4.69) is 0 Å². The number of nitrogens with zero attached hydrogens (tertiary/aromatic N) is 1. The molecule has 2 aliphatic rings. The fourth-order valence-corrected chi connectivity index (χ4v) is 4.95. The van der Waals surface area contributed by atoms with E-state index >= 15 is 0 Å². The SMILES string of the molecule is Cl.NCCCOC1CCN(S(=O)(=O)c2ccc3c(c2)CCC3)CC1. The minimum atomic E-state index is -3.37. The number of halogens is 1. The van der Waals surface area contributed by atoms with E-state index < -0.39 is 10.0 Å². The summed E-state index contributed by atoms with van der Waals surface area (Å²) < 4.78 is 33.0. The highest BCUT2D eigenvalue weighted by atomic mass is 35.5. The van der Waals surface area contributed by atoms with Crippen LogP contribution < -0.4 is 5.73 Å². The number of nitrogens with two attached hydrogens (primary N) is 1. The summed E-state index contributed by atoms with van der Waals surface area (Å²) in [5.74, 6) is 0. The van der Waals surface area contributed by atoms with E-state index in [0.717, 1.165) is 38.5 Å². The summed E-state index contributed by atoms with van der Waals surface area (Å²) >= 11 is 0. The fourth-order valence-electron chi connectivity index (χ4n) is 3.43. The van der Waals surface area contributed by atoms with Crippen LogP contribution in [-0.2, 0) is 27.6 Å². The Labute approximate surface area is 151 Å². The van der Waals surface area contributed by atoms with Crippen LogP contribution >= 0.6 is 12.4 Å². The Hall–Kier alpha value is -0.660. The number of ether oxygens (including phenoxy) is 1. The molecule has 5 nitrogen and oxygen atoms in total. The van der Waals surface area contributed by atoms with Gasteiger partial charge in [-0.1, -0.05) is 6.07 Å². The Kier molecular flexibility index (Phi) is 7.07. The third-order valence-corrected chi connectivity index (χ3v) is 6.71. The van der Waals surface area contributed by atoms with Crippen molar-refractivity contribution >= 4 is 22.4 Å². The molecule has 0 amide bonds. The zero-order chi connectivity index (χ0) is 16.3. The van der Waals surface area contributed by atoms with E-state index in [9.17, 15) is 8.42 Å². The van der Waals surface area contributed by atoms with Gasteiger partial charge in [0.05, 0.1) is 11.0 Å². The van der Waals surface area contributed by atoms with Gasteiger partial charge in [0.15, 0.2) is 0 Å². The van der Waals surface area contributed by atoms with Gasteiger partial charge in [-0.25, -0.2) is 8.42 Å². The third-order valence-electron chi connectivity index (χ3n) is 4.81. The molecule has 0 saturated carbocycles. The van der Waals surface area contributed by atoms with Crippen LogP contribution in [0.3, 0.4) is 0 Å². The van der Waals surface area contributed by atoms with Crippen molar-refractivity contribution in [1.82, 2.24) is 4.31 Å². The molecule has 0 aromatic heterocycles. The second-order valence-electron chi connectivity index (χ2n) is 6.40. The van der Waals surface area contributed by atoms with Crippen molar-refractivity contribution in [1.29, 1.82) is 0 Å². The number of hydrogen-bond donors (Lipinski definition) is 1. The Morgan fingerprint density at radius 1 is 1.17 bits per heavy atom. The van der Waals surface area contributed by atoms with Crippen molar-refractivity contribution in [3.8, 4) is 0 Å². The van der Waals surface area contributed by atoms with Gasteiger partial charge in [-0.2, -0.15) is 4.31 Å². The van der Waals surface area contributed by atoms with Gasteiger partial charge in [0.1, 0.15) is 0 Å². The Bertz CT molecular complexity index is 643. The lowest BCUT2D eigenvalue weighted by molar-refractivity contribution is 0.0209. The molecule has 3 rings (SSSR count). The van der Waals surface area contributed by atoms with Crippen LogP contribution in [0.4, 0.5) is 0 Å². The quantitative estimate of drug-likeness (QED) is 0.774. The number of piperidine rings is 1. The Balaban J connectivity index is 0.00000208. The average molecular weight is 375 g/mol. The predicted octanol–water partition coefficient (Wildman–Crippen LogP) is 2.12. The molecular formula is C17H27ClN2O3S. The van der Waals surface area contributed by atoms with Crippen molar-refractivity contribution in [2.75, 3.05) is 26.2 Å². The van der Waals surface area contributed by atoms with Crippen molar-refractivity contribution in [2.24, 2.45) is 5.73 Å². The number of benzene rings is 1. The number of sulfonamides is 1. The molecule has 2 N–H and O–H groups in total. The summed E-state index contributed by atoms with van der Waals surface area (Å²) in [5.41, 5.74) is 7.96. The molecule has 0 radical (unpaired) electrons. The molecule has 1 aromatic carbocycles.